The molecule has 0 radical (unpaired) electrons. The third-order valence-electron chi connectivity index (χ3n) is 4.37. The Morgan fingerprint density at radius 2 is 2.05 bits per heavy atom. The second-order valence-corrected chi connectivity index (χ2v) is 6.44. The Balaban J connectivity index is 0.00000200. The smallest absolute Gasteiger partial charge is 0.223 e. The number of hydrogen-bond donors (Lipinski definition) is 2. The van der Waals surface area contributed by atoms with Crippen LogP contribution in [-0.2, 0) is 4.79 Å². The van der Waals surface area contributed by atoms with Crippen molar-refractivity contribution in [1.82, 2.24) is 15.5 Å². The molecule has 0 aromatic rings. The zero-order chi connectivity index (χ0) is 13.7. The minimum Gasteiger partial charge on any atom is -0.352 e. The number of nitrogens with zero attached hydrogens (tertiary/aromatic N) is 1. The molecule has 2 N–H and O–H groups in total. The van der Waals surface area contributed by atoms with Crippen LogP contribution >= 0.6 is 12.4 Å². The molecule has 0 bridgehead atoms. The van der Waals surface area contributed by atoms with Crippen molar-refractivity contribution in [2.75, 3.05) is 32.7 Å². The first-order valence-electron chi connectivity index (χ1n) is 7.88. The average Bonchev–Trinajstić information content (AvgIpc) is 2.39. The fourth-order valence-corrected chi connectivity index (χ4v) is 3.33. The number of hydrogen-bond acceptors (Lipinski definition) is 3. The zero-order valence-corrected chi connectivity index (χ0v) is 13.7. The summed E-state index contributed by atoms with van der Waals surface area (Å²) in [4.78, 5) is 14.7. The van der Waals surface area contributed by atoms with Gasteiger partial charge in [0.25, 0.3) is 0 Å². The summed E-state index contributed by atoms with van der Waals surface area (Å²) in [5.41, 5.74) is 0. The van der Waals surface area contributed by atoms with E-state index in [4.69, 9.17) is 0 Å². The zero-order valence-electron chi connectivity index (χ0n) is 12.9. The van der Waals surface area contributed by atoms with Crippen molar-refractivity contribution in [1.29, 1.82) is 0 Å². The number of likely N-dealkylation sites (tertiary alicyclic amines) is 1. The lowest BCUT2D eigenvalue weighted by Crippen LogP contribution is -2.47. The standard InChI is InChI=1S/C15H29N3O.ClH/c1-12-4-3-9-18(10-12)11-13(2)17-15(19)14-5-7-16-8-6-14;/h12-14,16H,3-11H2,1-2H3,(H,17,19);1H. The van der Waals surface area contributed by atoms with Crippen LogP contribution < -0.4 is 10.6 Å². The summed E-state index contributed by atoms with van der Waals surface area (Å²) in [6.07, 6.45) is 4.63. The van der Waals surface area contributed by atoms with Gasteiger partial charge in [0, 0.05) is 25.0 Å². The molecule has 5 heteroatoms. The van der Waals surface area contributed by atoms with Crippen LogP contribution in [0.3, 0.4) is 0 Å². The number of rotatable bonds is 4. The quantitative estimate of drug-likeness (QED) is 0.830. The highest BCUT2D eigenvalue weighted by Gasteiger charge is 2.23. The minimum atomic E-state index is 0. The molecule has 2 fully saturated rings. The molecule has 2 heterocycles. The lowest BCUT2D eigenvalue weighted by atomic mass is 9.97. The first-order chi connectivity index (χ1) is 9.15. The predicted molar refractivity (Wildman–Crippen MR) is 85.3 cm³/mol. The fraction of sp³-hybridized carbons (Fsp3) is 0.933. The molecule has 118 valence electrons. The molecule has 4 nitrogen and oxygen atoms in total. The number of carbonyl (C=O) groups excluding carboxylic acids is 1. The Morgan fingerprint density at radius 1 is 1.35 bits per heavy atom. The van der Waals surface area contributed by atoms with E-state index in [0.29, 0.717) is 0 Å². The highest BCUT2D eigenvalue weighted by Crippen LogP contribution is 2.16. The van der Waals surface area contributed by atoms with Crippen LogP contribution in [-0.4, -0.2) is 49.6 Å². The van der Waals surface area contributed by atoms with E-state index in [0.717, 1.165) is 38.4 Å². The van der Waals surface area contributed by atoms with Crippen LogP contribution in [0.25, 0.3) is 0 Å². The Morgan fingerprint density at radius 3 is 2.70 bits per heavy atom. The van der Waals surface area contributed by atoms with Gasteiger partial charge in [0.05, 0.1) is 0 Å². The van der Waals surface area contributed by atoms with Gasteiger partial charge < -0.3 is 15.5 Å². The van der Waals surface area contributed by atoms with Gasteiger partial charge in [-0.2, -0.15) is 0 Å². The van der Waals surface area contributed by atoms with Crippen LogP contribution in [0.5, 0.6) is 0 Å². The molecule has 0 aromatic carbocycles. The number of halogens is 1. The Kier molecular flexibility index (Phi) is 7.85. The van der Waals surface area contributed by atoms with Gasteiger partial charge in [0.2, 0.25) is 5.91 Å². The van der Waals surface area contributed by atoms with E-state index < -0.39 is 0 Å². The summed E-state index contributed by atoms with van der Waals surface area (Å²) in [5, 5.41) is 6.51. The maximum absolute atomic E-state index is 12.2. The Hall–Kier alpha value is -0.320. The molecule has 2 aliphatic rings. The van der Waals surface area contributed by atoms with Gasteiger partial charge in [0.1, 0.15) is 0 Å². The molecule has 0 saturated carbocycles. The van der Waals surface area contributed by atoms with Crippen LogP contribution in [0.1, 0.15) is 39.5 Å². The summed E-state index contributed by atoms with van der Waals surface area (Å²) in [5.74, 6) is 1.30. The summed E-state index contributed by atoms with van der Waals surface area (Å²) < 4.78 is 0. The molecule has 2 unspecified atom stereocenters. The monoisotopic (exact) mass is 303 g/mol. The van der Waals surface area contributed by atoms with Crippen LogP contribution in [0.2, 0.25) is 0 Å². The summed E-state index contributed by atoms with van der Waals surface area (Å²) >= 11 is 0. The first kappa shape index (κ1) is 17.7. The largest absolute Gasteiger partial charge is 0.352 e. The average molecular weight is 304 g/mol. The van der Waals surface area contributed by atoms with Crippen molar-refractivity contribution in [2.45, 2.75) is 45.6 Å². The van der Waals surface area contributed by atoms with Crippen molar-refractivity contribution < 1.29 is 4.79 Å². The highest BCUT2D eigenvalue weighted by molar-refractivity contribution is 5.85. The fourth-order valence-electron chi connectivity index (χ4n) is 3.33. The molecule has 2 atom stereocenters. The predicted octanol–water partition coefficient (Wildman–Crippen LogP) is 1.64. The van der Waals surface area contributed by atoms with Crippen molar-refractivity contribution >= 4 is 18.3 Å². The molecular weight excluding hydrogens is 274 g/mol. The molecule has 2 saturated heterocycles. The molecule has 0 spiro atoms. The molecule has 1 amide bonds. The van der Waals surface area contributed by atoms with E-state index >= 15 is 0 Å². The number of carbonyl (C=O) groups is 1. The third-order valence-corrected chi connectivity index (χ3v) is 4.37. The van der Waals surface area contributed by atoms with Crippen molar-refractivity contribution in [3.63, 3.8) is 0 Å². The molecule has 2 aliphatic heterocycles. The van der Waals surface area contributed by atoms with E-state index in [9.17, 15) is 4.79 Å². The lowest BCUT2D eigenvalue weighted by Gasteiger charge is -2.33. The van der Waals surface area contributed by atoms with E-state index in [1.54, 1.807) is 0 Å². The van der Waals surface area contributed by atoms with Crippen molar-refractivity contribution in [3.8, 4) is 0 Å². The topological polar surface area (TPSA) is 44.4 Å². The number of amides is 1. The van der Waals surface area contributed by atoms with Gasteiger partial charge in [-0.1, -0.05) is 6.92 Å². The number of nitrogens with one attached hydrogen (secondary N) is 2. The van der Waals surface area contributed by atoms with Crippen LogP contribution in [0, 0.1) is 11.8 Å². The third kappa shape index (κ3) is 5.58. The van der Waals surface area contributed by atoms with Gasteiger partial charge in [-0.3, -0.25) is 4.79 Å². The molecular formula is C15H30ClN3O. The second-order valence-electron chi connectivity index (χ2n) is 6.44. The van der Waals surface area contributed by atoms with Gasteiger partial charge >= 0.3 is 0 Å². The Labute approximate surface area is 129 Å². The van der Waals surface area contributed by atoms with Gasteiger partial charge in [0.15, 0.2) is 0 Å². The second kappa shape index (κ2) is 8.85. The maximum Gasteiger partial charge on any atom is 0.223 e. The molecule has 20 heavy (non-hydrogen) atoms. The summed E-state index contributed by atoms with van der Waals surface area (Å²) in [6.45, 7) is 9.81. The highest BCUT2D eigenvalue weighted by atomic mass is 35.5. The van der Waals surface area contributed by atoms with E-state index in [1.165, 1.54) is 25.9 Å². The van der Waals surface area contributed by atoms with Gasteiger partial charge in [-0.05, 0) is 58.2 Å². The normalized spacial score (nSPS) is 26.6. The van der Waals surface area contributed by atoms with Crippen molar-refractivity contribution in [2.24, 2.45) is 11.8 Å². The Bertz CT molecular complexity index is 295. The maximum atomic E-state index is 12.2. The molecule has 2 rings (SSSR count). The van der Waals surface area contributed by atoms with E-state index in [2.05, 4.69) is 29.4 Å². The van der Waals surface area contributed by atoms with E-state index in [1.807, 2.05) is 0 Å². The molecule has 0 aromatic heterocycles. The van der Waals surface area contributed by atoms with Crippen LogP contribution in [0.4, 0.5) is 0 Å². The lowest BCUT2D eigenvalue weighted by molar-refractivity contribution is -0.126. The SMILES string of the molecule is CC1CCCN(CC(C)NC(=O)C2CCNCC2)C1.Cl. The van der Waals surface area contributed by atoms with Gasteiger partial charge in [-0.25, -0.2) is 0 Å². The molecule has 0 aliphatic carbocycles. The van der Waals surface area contributed by atoms with E-state index in [-0.39, 0.29) is 30.3 Å². The van der Waals surface area contributed by atoms with Crippen LogP contribution in [0.15, 0.2) is 0 Å². The summed E-state index contributed by atoms with van der Waals surface area (Å²) in [6, 6.07) is 0.271. The van der Waals surface area contributed by atoms with Gasteiger partial charge in [-0.15, -0.1) is 12.4 Å². The number of piperidine rings is 2. The van der Waals surface area contributed by atoms with Crippen molar-refractivity contribution in [3.05, 3.63) is 0 Å². The summed E-state index contributed by atoms with van der Waals surface area (Å²) in [7, 11) is 0. The minimum absolute atomic E-state index is 0. The first-order valence-corrected chi connectivity index (χ1v) is 7.88.